The van der Waals surface area contributed by atoms with Crippen molar-refractivity contribution in [2.24, 2.45) is 0 Å². The smallest absolute Gasteiger partial charge is 0.460 e. The molecule has 0 aliphatic carbocycles. The first kappa shape index (κ1) is 96.8. The number of alkyl halides is 18. The van der Waals surface area contributed by atoms with Gasteiger partial charge in [-0.25, -0.2) is 33.7 Å². The Kier molecular flexibility index (Phi) is 32.6. The van der Waals surface area contributed by atoms with E-state index < -0.39 is 107 Å². The van der Waals surface area contributed by atoms with Crippen LogP contribution >= 0.6 is 0 Å². The van der Waals surface area contributed by atoms with Crippen molar-refractivity contribution < 1.29 is 161 Å². The summed E-state index contributed by atoms with van der Waals surface area (Å²) < 4.78 is 348. The lowest BCUT2D eigenvalue weighted by molar-refractivity contribution is -0.597. The zero-order valence-corrected chi connectivity index (χ0v) is 65.4. The molecule has 16 nitrogen and oxygen atoms in total. The molecule has 0 amide bonds. The van der Waals surface area contributed by atoms with Crippen LogP contribution in [0.2, 0.25) is 0 Å². The van der Waals surface area contributed by atoms with Crippen LogP contribution < -0.4 is 21.2 Å². The van der Waals surface area contributed by atoms with Crippen LogP contribution in [-0.2, 0) is 82.5 Å². The Bertz CT molecular complexity index is 4690. The molecule has 606 valence electrons. The van der Waals surface area contributed by atoms with Crippen molar-refractivity contribution in [3.05, 3.63) is 257 Å². The van der Waals surface area contributed by atoms with E-state index in [0.29, 0.717) is 5.56 Å². The molecule has 0 fully saturated rings. The number of hydrogen-bond acceptors (Lipinski definition) is 15. The highest BCUT2D eigenvalue weighted by Gasteiger charge is 2.85. The van der Waals surface area contributed by atoms with Crippen LogP contribution in [0.5, 0.6) is 0 Å². The summed E-state index contributed by atoms with van der Waals surface area (Å²) >= 11 is -0.0703. The predicted octanol–water partition coefficient (Wildman–Crippen LogP) is 14.7. The fourth-order valence-electron chi connectivity index (χ4n) is 7.99. The minimum Gasteiger partial charge on any atom is -0.743 e. The summed E-state index contributed by atoms with van der Waals surface area (Å²) in [5.41, 5.74) is 5.67. The molecule has 0 aliphatic heterocycles. The maximum absolute atomic E-state index is 12.2. The van der Waals surface area contributed by atoms with Gasteiger partial charge in [-0.2, -0.15) is 87.4 Å². The van der Waals surface area contributed by atoms with Crippen LogP contribution in [0, 0.1) is 31.1 Å². The van der Waals surface area contributed by atoms with Gasteiger partial charge >= 0.3 is 67.8 Å². The third-order valence-corrected chi connectivity index (χ3v) is 25.9. The Morgan fingerprint density at radius 1 is 0.400 bits per heavy atom. The molecular formula is C69H66F18INO15S6. The van der Waals surface area contributed by atoms with E-state index in [1.165, 1.54) is 81.5 Å². The Hall–Kier alpha value is -7.39. The van der Waals surface area contributed by atoms with Gasteiger partial charge in [0.05, 0.1) is 32.2 Å². The van der Waals surface area contributed by atoms with Crippen LogP contribution in [0.25, 0.3) is 0 Å². The number of nitro groups is 1. The van der Waals surface area contributed by atoms with Crippen LogP contribution in [0.3, 0.4) is 0 Å². The second-order valence-corrected chi connectivity index (χ2v) is 39.0. The Morgan fingerprint density at radius 2 is 0.691 bits per heavy atom. The van der Waals surface area contributed by atoms with Gasteiger partial charge in [-0.15, -0.1) is 0 Å². The van der Waals surface area contributed by atoms with Crippen molar-refractivity contribution >= 4 is 66.6 Å². The SMILES string of the molecule is CC(C)(C)c1ccc([I+]c2ccc(C(C)(C)C)cc2)cc1.Cc1ccc(S(=O)(=O)CS(C)(=O)=O)cc1.Cc1ccc(S(=O)(=O)OCc2ccc([N+](=O)[O-])cc2)cc1.O=S(=O)([O-])C(F)(F)C(F)(F)C(F)(F)C(F)(F)F.O=S(=O)([O-])C(F)(F)C(F)(F)C(F)(F)C(F)(F)F.c1ccc([S+](c2ccccc2)c2ccccc2)cc1. The van der Waals surface area contributed by atoms with E-state index in [1.54, 1.807) is 24.3 Å². The van der Waals surface area contributed by atoms with Crippen molar-refractivity contribution in [3.8, 4) is 0 Å². The Balaban J connectivity index is 0.000000344. The van der Waals surface area contributed by atoms with Gasteiger partial charge in [0.25, 0.3) is 15.8 Å². The topological polar surface area (TPSA) is 269 Å². The molecule has 0 aromatic heterocycles. The van der Waals surface area contributed by atoms with Crippen LogP contribution in [0.1, 0.15) is 69.4 Å². The number of rotatable bonds is 19. The monoisotopic (exact) mass is 1810 g/mol. The lowest BCUT2D eigenvalue weighted by Crippen LogP contribution is -3.61. The molecule has 0 N–H and O–H groups in total. The molecule has 110 heavy (non-hydrogen) atoms. The third-order valence-electron chi connectivity index (χ3n) is 14.0. The van der Waals surface area contributed by atoms with E-state index >= 15 is 0 Å². The second kappa shape index (κ2) is 37.1. The van der Waals surface area contributed by atoms with E-state index in [9.17, 15) is 140 Å². The summed E-state index contributed by atoms with van der Waals surface area (Å²) in [6, 6.07) is 68.5. The summed E-state index contributed by atoms with van der Waals surface area (Å²) in [5, 5.41) is -4.55. The summed E-state index contributed by atoms with van der Waals surface area (Å²) in [7, 11) is -25.9. The lowest BCUT2D eigenvalue weighted by atomic mass is 9.87. The minimum absolute atomic E-state index is 0.0146. The fourth-order valence-corrected chi connectivity index (χ4v) is 17.4. The van der Waals surface area contributed by atoms with E-state index in [-0.39, 0.29) is 65.0 Å². The molecule has 0 saturated heterocycles. The molecule has 8 aromatic carbocycles. The van der Waals surface area contributed by atoms with Gasteiger partial charge in [0.1, 0.15) is 0 Å². The first-order chi connectivity index (χ1) is 49.7. The van der Waals surface area contributed by atoms with Crippen molar-refractivity contribution in [1.82, 2.24) is 0 Å². The molecule has 0 atom stereocenters. The van der Waals surface area contributed by atoms with Gasteiger partial charge in [-0.3, -0.25) is 14.3 Å². The van der Waals surface area contributed by atoms with E-state index in [0.717, 1.165) is 17.4 Å². The number of benzene rings is 8. The molecule has 41 heteroatoms. The zero-order valence-electron chi connectivity index (χ0n) is 58.3. The van der Waals surface area contributed by atoms with Crippen LogP contribution in [-0.4, -0.2) is 114 Å². The normalized spacial score (nSPS) is 13.1. The molecule has 0 spiro atoms. The summed E-state index contributed by atoms with van der Waals surface area (Å²) in [4.78, 5) is 14.2. The van der Waals surface area contributed by atoms with Crippen molar-refractivity contribution in [1.29, 1.82) is 0 Å². The van der Waals surface area contributed by atoms with Crippen molar-refractivity contribution in [2.75, 3.05) is 11.3 Å². The summed E-state index contributed by atoms with van der Waals surface area (Å²) in [6.45, 7) is 17.1. The molecule has 0 bridgehead atoms. The first-order valence-electron chi connectivity index (χ1n) is 30.4. The number of hydrogen-bond donors (Lipinski definition) is 0. The average Bonchev–Trinajstić information content (AvgIpc) is 0.732. The highest BCUT2D eigenvalue weighted by Crippen LogP contribution is 2.56. The van der Waals surface area contributed by atoms with Gasteiger partial charge in [-0.05, 0) is 138 Å². The van der Waals surface area contributed by atoms with Crippen molar-refractivity contribution in [3.63, 3.8) is 0 Å². The first-order valence-corrected chi connectivity index (χ1v) is 41.8. The summed E-state index contributed by atoms with van der Waals surface area (Å²) in [5.74, 6) is -29.6. The minimum atomic E-state index is -7.43. The van der Waals surface area contributed by atoms with Crippen LogP contribution in [0.4, 0.5) is 84.7 Å². The predicted molar refractivity (Wildman–Crippen MR) is 365 cm³/mol. The zero-order chi connectivity index (χ0) is 84.7. The molecule has 0 saturated carbocycles. The fraction of sp³-hybridized carbons (Fsp3) is 0.304. The van der Waals surface area contributed by atoms with Gasteiger partial charge in [0.2, 0.25) is 0 Å². The molecular weight excluding hydrogens is 1740 g/mol. The average molecular weight is 1810 g/mol. The van der Waals surface area contributed by atoms with Crippen molar-refractivity contribution in [2.45, 2.75) is 144 Å². The number of aryl methyl sites for hydroxylation is 2. The Labute approximate surface area is 635 Å². The molecule has 0 aliphatic rings. The maximum atomic E-state index is 12.2. The van der Waals surface area contributed by atoms with Gasteiger partial charge in [0.15, 0.2) is 66.8 Å². The van der Waals surface area contributed by atoms with E-state index in [1.807, 2.05) is 13.8 Å². The molecule has 0 radical (unpaired) electrons. The standard InChI is InChI=1S/C20H26I.C18H15S.C14H13NO5S.C9H12O4S2.2C4HF9O3S/c1-19(2,3)15-7-11-17(12-8-15)21-18-13-9-16(10-14-18)20(4,5)6;1-4-10-16(11-5-1)19(17-12-6-2-7-13-17)18-14-8-3-9-15-18;1-11-2-8-14(9-3-11)21(18,19)20-10-12-4-6-13(7-5-12)15(16)17;1-8-3-5-9(6-4-8)15(12,13)7-14(2,10)11;2*5-1(6,3(9,10)11)2(7,8)4(12,13)17(14,15)16/h7-14H,1-6H3;1-15H;2-9H,10H2,1H3;3-6H,7H2,1-2H3;2*(H,14,15,16)/q2*+1;;;;/p-2. The summed E-state index contributed by atoms with van der Waals surface area (Å²) in [6.07, 6.45) is -13.4. The number of halogens is 19. The number of sulfone groups is 2. The van der Waals surface area contributed by atoms with Gasteiger partial charge < -0.3 is 9.11 Å². The molecule has 8 aromatic rings. The lowest BCUT2D eigenvalue weighted by Gasteiger charge is -2.34. The van der Waals surface area contributed by atoms with Gasteiger partial charge in [-0.1, -0.05) is 156 Å². The number of non-ortho nitro benzene ring substituents is 1. The quantitative estimate of drug-likeness (QED) is 0.0138. The third kappa shape index (κ3) is 26.4. The van der Waals surface area contributed by atoms with Gasteiger partial charge in [0, 0.05) is 18.4 Å². The number of nitro benzene ring substituents is 1. The highest BCUT2D eigenvalue weighted by atomic mass is 127. The largest absolute Gasteiger partial charge is 0.743 e. The number of nitrogens with zero attached hydrogens (tertiary/aromatic N) is 1. The van der Waals surface area contributed by atoms with Crippen LogP contribution in [0.15, 0.2) is 237 Å². The molecule has 8 rings (SSSR count). The van der Waals surface area contributed by atoms with E-state index in [4.69, 9.17) is 4.18 Å². The molecule has 0 heterocycles. The second-order valence-electron chi connectivity index (χ2n) is 25.0. The molecule has 0 unspecified atom stereocenters. The highest BCUT2D eigenvalue weighted by molar-refractivity contribution is 8.07. The maximum Gasteiger partial charge on any atom is 0.460 e. The Morgan fingerprint density at radius 3 is 0.945 bits per heavy atom. The van der Waals surface area contributed by atoms with E-state index in [2.05, 4.69) is 181 Å².